The van der Waals surface area contributed by atoms with Crippen LogP contribution in [-0.2, 0) is 16.4 Å². The topological polar surface area (TPSA) is 76.4 Å². The number of sulfone groups is 1. The number of imidazole rings is 1. The number of hydrogen-bond acceptors (Lipinski definition) is 6. The van der Waals surface area contributed by atoms with Crippen molar-refractivity contribution in [2.45, 2.75) is 15.6 Å². The lowest BCUT2D eigenvalue weighted by molar-refractivity contribution is 0.598. The minimum Gasteiger partial charge on any atom is -0.376 e. The number of aromatic nitrogens is 3. The summed E-state index contributed by atoms with van der Waals surface area (Å²) in [6, 6.07) is 18.0. The third kappa shape index (κ3) is 4.29. The summed E-state index contributed by atoms with van der Waals surface area (Å²) in [5.74, 6) is 0. The second-order valence-corrected chi connectivity index (χ2v) is 11.7. The number of nitrogens with one attached hydrogen (secondary N) is 1. The molecule has 0 spiro atoms. The van der Waals surface area contributed by atoms with Crippen LogP contribution < -0.4 is 5.32 Å². The summed E-state index contributed by atoms with van der Waals surface area (Å²) < 4.78 is 28.6. The average Bonchev–Trinajstić information content (AvgIpc) is 3.46. The Hall–Kier alpha value is -2.72. The lowest BCUT2D eigenvalue weighted by atomic mass is 10.1. The molecule has 0 saturated carbocycles. The van der Waals surface area contributed by atoms with Gasteiger partial charge in [-0.25, -0.2) is 18.4 Å². The number of nitrogens with zero attached hydrogens (tertiary/aromatic N) is 3. The number of pyridine rings is 1. The van der Waals surface area contributed by atoms with E-state index in [4.69, 9.17) is 11.6 Å². The molecule has 10 heteroatoms. The van der Waals surface area contributed by atoms with Crippen LogP contribution in [0.3, 0.4) is 0 Å². The molecule has 1 N–H and O–H groups in total. The van der Waals surface area contributed by atoms with E-state index in [1.54, 1.807) is 36.5 Å². The summed E-state index contributed by atoms with van der Waals surface area (Å²) in [5, 5.41) is 4.65. The molecule has 0 atom stereocenters. The smallest absolute Gasteiger partial charge is 0.217 e. The molecule has 3 aromatic heterocycles. The zero-order valence-corrected chi connectivity index (χ0v) is 20.9. The Kier molecular flexibility index (Phi) is 5.96. The first kappa shape index (κ1) is 22.1. The molecule has 2 aromatic carbocycles. The molecule has 0 radical (unpaired) electrons. The monoisotopic (exact) mass is 558 g/mol. The van der Waals surface area contributed by atoms with Crippen LogP contribution in [0.2, 0.25) is 5.02 Å². The summed E-state index contributed by atoms with van der Waals surface area (Å²) in [6.45, 7) is 0.348. The van der Waals surface area contributed by atoms with Crippen molar-refractivity contribution in [1.29, 1.82) is 0 Å². The third-order valence-corrected chi connectivity index (χ3v) is 9.17. The molecule has 5 aromatic rings. The Morgan fingerprint density at radius 1 is 1.03 bits per heavy atom. The number of anilines is 1. The van der Waals surface area contributed by atoms with Crippen molar-refractivity contribution in [2.24, 2.45) is 0 Å². The molecular weight excluding hydrogens is 544 g/mol. The van der Waals surface area contributed by atoms with Gasteiger partial charge in [0.1, 0.15) is 13.8 Å². The van der Waals surface area contributed by atoms with Crippen LogP contribution in [0.15, 0.2) is 93.0 Å². The Balaban J connectivity index is 1.46. The molecule has 0 aliphatic heterocycles. The predicted molar refractivity (Wildman–Crippen MR) is 135 cm³/mol. The van der Waals surface area contributed by atoms with Gasteiger partial charge in [-0.05, 0) is 40.2 Å². The van der Waals surface area contributed by atoms with Crippen molar-refractivity contribution in [3.05, 3.63) is 93.9 Å². The van der Waals surface area contributed by atoms with Crippen molar-refractivity contribution >= 4 is 60.0 Å². The van der Waals surface area contributed by atoms with Gasteiger partial charge in [-0.15, -0.1) is 11.3 Å². The SMILES string of the molecule is O=S(=O)(c1ccccc1)c1cnc(CNc2cc(-c3ccccc3Cl)cn3c(Br)cnc23)s1. The van der Waals surface area contributed by atoms with E-state index in [1.165, 1.54) is 6.20 Å². The highest BCUT2D eigenvalue weighted by Gasteiger charge is 2.20. The van der Waals surface area contributed by atoms with Crippen LogP contribution >= 0.6 is 38.9 Å². The Morgan fingerprint density at radius 3 is 2.58 bits per heavy atom. The molecule has 3 heterocycles. The van der Waals surface area contributed by atoms with E-state index in [0.29, 0.717) is 16.6 Å². The van der Waals surface area contributed by atoms with Crippen molar-refractivity contribution in [3.8, 4) is 11.1 Å². The van der Waals surface area contributed by atoms with Gasteiger partial charge in [0.05, 0.1) is 29.5 Å². The van der Waals surface area contributed by atoms with E-state index < -0.39 is 9.84 Å². The van der Waals surface area contributed by atoms with Gasteiger partial charge in [0.25, 0.3) is 0 Å². The van der Waals surface area contributed by atoms with E-state index in [0.717, 1.165) is 38.4 Å². The standard InChI is InChI=1S/C23H16BrClN4O2S2/c24-20-11-28-23-19(10-15(14-29(20)23)17-8-4-5-9-18(17)25)26-12-21-27-13-22(32-21)33(30,31)16-6-2-1-3-7-16/h1-11,13-14,26H,12H2. The normalized spacial score (nSPS) is 11.7. The molecule has 0 fully saturated rings. The van der Waals surface area contributed by atoms with Crippen LogP contribution in [0.25, 0.3) is 16.8 Å². The van der Waals surface area contributed by atoms with Crippen molar-refractivity contribution in [2.75, 3.05) is 5.32 Å². The first-order valence-corrected chi connectivity index (χ1v) is 13.3. The molecule has 6 nitrogen and oxygen atoms in total. The molecule has 0 aliphatic rings. The van der Waals surface area contributed by atoms with Crippen LogP contribution in [0.5, 0.6) is 0 Å². The average molecular weight is 560 g/mol. The van der Waals surface area contributed by atoms with Crippen LogP contribution in [0.4, 0.5) is 5.69 Å². The first-order valence-electron chi connectivity index (χ1n) is 9.84. The van der Waals surface area contributed by atoms with Crippen molar-refractivity contribution < 1.29 is 8.42 Å². The Morgan fingerprint density at radius 2 is 1.79 bits per heavy atom. The molecule has 0 unspecified atom stereocenters. The summed E-state index contributed by atoms with van der Waals surface area (Å²) in [6.07, 6.45) is 5.10. The second-order valence-electron chi connectivity index (χ2n) is 7.14. The minimum atomic E-state index is -3.59. The van der Waals surface area contributed by atoms with E-state index in [2.05, 4.69) is 31.2 Å². The quantitative estimate of drug-likeness (QED) is 0.263. The van der Waals surface area contributed by atoms with Crippen LogP contribution in [0, 0.1) is 0 Å². The highest BCUT2D eigenvalue weighted by atomic mass is 79.9. The number of hydrogen-bond donors (Lipinski definition) is 1. The fourth-order valence-electron chi connectivity index (χ4n) is 3.42. The number of fused-ring (bicyclic) bond motifs is 1. The second kappa shape index (κ2) is 8.90. The van der Waals surface area contributed by atoms with E-state index >= 15 is 0 Å². The van der Waals surface area contributed by atoms with Crippen LogP contribution in [-0.4, -0.2) is 22.8 Å². The zero-order chi connectivity index (χ0) is 23.0. The van der Waals surface area contributed by atoms with Crippen LogP contribution in [0.1, 0.15) is 5.01 Å². The molecule has 0 aliphatic carbocycles. The molecule has 0 saturated heterocycles. The lowest BCUT2D eigenvalue weighted by Gasteiger charge is -2.11. The first-order chi connectivity index (χ1) is 15.9. The maximum absolute atomic E-state index is 12.9. The van der Waals surface area contributed by atoms with E-state index in [9.17, 15) is 8.42 Å². The predicted octanol–water partition coefficient (Wildman–Crippen LogP) is 6.32. The minimum absolute atomic E-state index is 0.212. The molecule has 166 valence electrons. The summed E-state index contributed by atoms with van der Waals surface area (Å²) >= 11 is 11.1. The van der Waals surface area contributed by atoms with Gasteiger partial charge >= 0.3 is 0 Å². The van der Waals surface area contributed by atoms with Gasteiger partial charge < -0.3 is 5.32 Å². The number of halogens is 2. The summed E-state index contributed by atoms with van der Waals surface area (Å²) in [5.41, 5.74) is 3.32. The molecule has 33 heavy (non-hydrogen) atoms. The van der Waals surface area contributed by atoms with Crippen molar-refractivity contribution in [3.63, 3.8) is 0 Å². The molecule has 0 bridgehead atoms. The zero-order valence-electron chi connectivity index (χ0n) is 16.9. The van der Waals surface area contributed by atoms with E-state index in [-0.39, 0.29) is 9.10 Å². The Labute approximate surface area is 208 Å². The number of rotatable bonds is 6. The van der Waals surface area contributed by atoms with Gasteiger partial charge in [-0.2, -0.15) is 0 Å². The largest absolute Gasteiger partial charge is 0.376 e. The van der Waals surface area contributed by atoms with Gasteiger partial charge in [0, 0.05) is 22.3 Å². The number of thiazole rings is 1. The molecular formula is C23H16BrClN4O2S2. The third-order valence-electron chi connectivity index (χ3n) is 5.03. The summed E-state index contributed by atoms with van der Waals surface area (Å²) in [7, 11) is -3.59. The highest BCUT2D eigenvalue weighted by Crippen LogP contribution is 2.33. The maximum Gasteiger partial charge on any atom is 0.217 e. The Bertz CT molecular complexity index is 1570. The molecule has 5 rings (SSSR count). The maximum atomic E-state index is 12.9. The van der Waals surface area contributed by atoms with Gasteiger partial charge in [-0.3, -0.25) is 4.40 Å². The van der Waals surface area contributed by atoms with Crippen molar-refractivity contribution in [1.82, 2.24) is 14.4 Å². The summed E-state index contributed by atoms with van der Waals surface area (Å²) in [4.78, 5) is 9.06. The van der Waals surface area contributed by atoms with Gasteiger partial charge in [0.2, 0.25) is 9.84 Å². The molecule has 0 amide bonds. The highest BCUT2D eigenvalue weighted by molar-refractivity contribution is 9.10. The number of benzene rings is 2. The van der Waals surface area contributed by atoms with Gasteiger partial charge in [-0.1, -0.05) is 48.0 Å². The van der Waals surface area contributed by atoms with Gasteiger partial charge in [0.15, 0.2) is 5.65 Å². The lowest BCUT2D eigenvalue weighted by Crippen LogP contribution is -2.02. The van der Waals surface area contributed by atoms with E-state index in [1.807, 2.05) is 40.9 Å². The fraction of sp³-hybridized carbons (Fsp3) is 0.0435. The fourth-order valence-corrected chi connectivity index (χ4v) is 6.58.